The van der Waals surface area contributed by atoms with Crippen LogP contribution < -0.4 is 0 Å². The summed E-state index contributed by atoms with van der Waals surface area (Å²) in [6, 6.07) is 6.33. The molecule has 2 atom stereocenters. The summed E-state index contributed by atoms with van der Waals surface area (Å²) in [4.78, 5) is 0. The zero-order valence-electron chi connectivity index (χ0n) is 9.91. The Morgan fingerprint density at radius 2 is 2.19 bits per heavy atom. The molecule has 0 radical (unpaired) electrons. The molecular weight excluding hydrogens is 203 g/mol. The average Bonchev–Trinajstić information content (AvgIpc) is 2.57. The summed E-state index contributed by atoms with van der Waals surface area (Å²) < 4.78 is 13.1. The van der Waals surface area contributed by atoms with Crippen molar-refractivity contribution in [3.8, 4) is 0 Å². The first-order chi connectivity index (χ1) is 7.50. The Morgan fingerprint density at radius 1 is 1.44 bits per heavy atom. The lowest BCUT2D eigenvalue weighted by atomic mass is 9.77. The molecule has 1 aromatic carbocycles. The topological polar surface area (TPSA) is 20.2 Å². The minimum absolute atomic E-state index is 0.158. The fraction of sp³-hybridized carbons (Fsp3) is 0.571. The molecule has 0 spiro atoms. The van der Waals surface area contributed by atoms with E-state index < -0.39 is 6.10 Å². The van der Waals surface area contributed by atoms with Gasteiger partial charge < -0.3 is 5.11 Å². The summed E-state index contributed by atoms with van der Waals surface area (Å²) >= 11 is 0. The van der Waals surface area contributed by atoms with E-state index in [0.717, 1.165) is 19.3 Å². The molecule has 2 rings (SSSR count). The van der Waals surface area contributed by atoms with Gasteiger partial charge in [0.05, 0.1) is 6.10 Å². The summed E-state index contributed by atoms with van der Waals surface area (Å²) in [6.07, 6.45) is 2.80. The van der Waals surface area contributed by atoms with Crippen molar-refractivity contribution in [3.63, 3.8) is 0 Å². The standard InChI is InChI=1S/C14H19FO/c1-14(2)8-4-7-12(14)13(16)10-5-3-6-11(15)9-10/h3,5-6,9,12-13,16H,4,7-8H2,1-2H3. The van der Waals surface area contributed by atoms with E-state index in [4.69, 9.17) is 0 Å². The fourth-order valence-electron chi connectivity index (χ4n) is 2.86. The van der Waals surface area contributed by atoms with Crippen molar-refractivity contribution in [3.05, 3.63) is 35.6 Å². The summed E-state index contributed by atoms with van der Waals surface area (Å²) in [6.45, 7) is 4.38. The second-order valence-corrected chi connectivity index (χ2v) is 5.49. The van der Waals surface area contributed by atoms with E-state index in [-0.39, 0.29) is 17.2 Å². The minimum atomic E-state index is -0.534. The van der Waals surface area contributed by atoms with Crippen LogP contribution in [0.4, 0.5) is 4.39 Å². The van der Waals surface area contributed by atoms with E-state index in [1.165, 1.54) is 12.1 Å². The number of aliphatic hydroxyl groups excluding tert-OH is 1. The molecule has 1 aliphatic rings. The van der Waals surface area contributed by atoms with E-state index in [1.807, 2.05) is 6.07 Å². The molecule has 1 nitrogen and oxygen atoms in total. The molecule has 1 fully saturated rings. The van der Waals surface area contributed by atoms with Crippen LogP contribution in [0.5, 0.6) is 0 Å². The molecule has 88 valence electrons. The van der Waals surface area contributed by atoms with Crippen LogP contribution in [-0.4, -0.2) is 5.11 Å². The van der Waals surface area contributed by atoms with Crippen LogP contribution >= 0.6 is 0 Å². The van der Waals surface area contributed by atoms with Crippen LogP contribution in [0.25, 0.3) is 0 Å². The molecule has 16 heavy (non-hydrogen) atoms. The highest BCUT2D eigenvalue weighted by Gasteiger charge is 2.39. The van der Waals surface area contributed by atoms with Crippen molar-refractivity contribution in [2.75, 3.05) is 0 Å². The lowest BCUT2D eigenvalue weighted by molar-refractivity contribution is 0.0529. The van der Waals surface area contributed by atoms with Gasteiger partial charge in [-0.15, -0.1) is 0 Å². The third kappa shape index (κ3) is 2.12. The highest BCUT2D eigenvalue weighted by atomic mass is 19.1. The number of hydrogen-bond donors (Lipinski definition) is 1. The summed E-state index contributed by atoms with van der Waals surface area (Å²) in [5, 5.41) is 10.3. The van der Waals surface area contributed by atoms with Crippen LogP contribution in [0.15, 0.2) is 24.3 Å². The molecule has 1 saturated carbocycles. The first-order valence-corrected chi connectivity index (χ1v) is 5.94. The Labute approximate surface area is 96.3 Å². The van der Waals surface area contributed by atoms with Crippen LogP contribution in [0.1, 0.15) is 44.8 Å². The number of benzene rings is 1. The van der Waals surface area contributed by atoms with E-state index in [9.17, 15) is 9.50 Å². The molecule has 1 aliphatic carbocycles. The maximum atomic E-state index is 13.1. The molecular formula is C14H19FO. The van der Waals surface area contributed by atoms with Gasteiger partial charge >= 0.3 is 0 Å². The van der Waals surface area contributed by atoms with E-state index in [0.29, 0.717) is 5.56 Å². The van der Waals surface area contributed by atoms with Gasteiger partial charge in [0, 0.05) is 0 Å². The van der Waals surface area contributed by atoms with E-state index in [1.54, 1.807) is 6.07 Å². The molecule has 0 aliphatic heterocycles. The van der Waals surface area contributed by atoms with Gasteiger partial charge in [-0.25, -0.2) is 4.39 Å². The predicted molar refractivity (Wildman–Crippen MR) is 62.5 cm³/mol. The van der Waals surface area contributed by atoms with Crippen LogP contribution in [0.2, 0.25) is 0 Å². The smallest absolute Gasteiger partial charge is 0.123 e. The molecule has 2 unspecified atom stereocenters. The van der Waals surface area contributed by atoms with Crippen molar-refractivity contribution in [2.24, 2.45) is 11.3 Å². The third-order valence-corrected chi connectivity index (χ3v) is 3.91. The van der Waals surface area contributed by atoms with Gasteiger partial charge in [-0.2, -0.15) is 0 Å². The average molecular weight is 222 g/mol. The molecule has 0 saturated heterocycles. The van der Waals surface area contributed by atoms with Gasteiger partial charge in [-0.05, 0) is 41.9 Å². The lowest BCUT2D eigenvalue weighted by Gasteiger charge is -2.31. The Balaban J connectivity index is 2.22. The van der Waals surface area contributed by atoms with Crippen molar-refractivity contribution < 1.29 is 9.50 Å². The highest BCUT2D eigenvalue weighted by molar-refractivity contribution is 5.20. The van der Waals surface area contributed by atoms with E-state index >= 15 is 0 Å². The van der Waals surface area contributed by atoms with Crippen molar-refractivity contribution in [1.82, 2.24) is 0 Å². The van der Waals surface area contributed by atoms with Crippen molar-refractivity contribution in [2.45, 2.75) is 39.2 Å². The van der Waals surface area contributed by atoms with Crippen LogP contribution in [0, 0.1) is 17.2 Å². The first kappa shape index (κ1) is 11.6. The molecule has 1 aromatic rings. The molecule has 0 aromatic heterocycles. The normalized spacial score (nSPS) is 25.6. The Hall–Kier alpha value is -0.890. The van der Waals surface area contributed by atoms with Crippen molar-refractivity contribution in [1.29, 1.82) is 0 Å². The molecule has 2 heteroatoms. The Bertz CT molecular complexity index is 373. The fourth-order valence-corrected chi connectivity index (χ4v) is 2.86. The molecule has 0 bridgehead atoms. The second kappa shape index (κ2) is 4.17. The van der Waals surface area contributed by atoms with Gasteiger partial charge in [-0.3, -0.25) is 0 Å². The quantitative estimate of drug-likeness (QED) is 0.809. The number of rotatable bonds is 2. The molecule has 0 heterocycles. The van der Waals surface area contributed by atoms with E-state index in [2.05, 4.69) is 13.8 Å². The summed E-state index contributed by atoms with van der Waals surface area (Å²) in [5.41, 5.74) is 0.867. The van der Waals surface area contributed by atoms with Crippen molar-refractivity contribution >= 4 is 0 Å². The maximum Gasteiger partial charge on any atom is 0.123 e. The third-order valence-electron chi connectivity index (χ3n) is 3.91. The Kier molecular flexibility index (Phi) is 3.02. The lowest BCUT2D eigenvalue weighted by Crippen LogP contribution is -2.24. The molecule has 1 N–H and O–H groups in total. The van der Waals surface area contributed by atoms with Gasteiger partial charge in [0.15, 0.2) is 0 Å². The number of aliphatic hydroxyl groups is 1. The zero-order chi connectivity index (χ0) is 11.8. The summed E-state index contributed by atoms with van der Waals surface area (Å²) in [7, 11) is 0. The van der Waals surface area contributed by atoms with Crippen LogP contribution in [-0.2, 0) is 0 Å². The second-order valence-electron chi connectivity index (χ2n) is 5.49. The SMILES string of the molecule is CC1(C)CCCC1C(O)c1cccc(F)c1. The highest BCUT2D eigenvalue weighted by Crippen LogP contribution is 2.48. The van der Waals surface area contributed by atoms with Gasteiger partial charge in [-0.1, -0.05) is 32.4 Å². The Morgan fingerprint density at radius 3 is 2.75 bits per heavy atom. The summed E-state index contributed by atoms with van der Waals surface area (Å²) in [5.74, 6) is -0.0262. The monoisotopic (exact) mass is 222 g/mol. The maximum absolute atomic E-state index is 13.1. The number of halogens is 1. The number of hydrogen-bond acceptors (Lipinski definition) is 1. The van der Waals surface area contributed by atoms with Gasteiger partial charge in [0.1, 0.15) is 5.82 Å². The van der Waals surface area contributed by atoms with Crippen LogP contribution in [0.3, 0.4) is 0 Å². The first-order valence-electron chi connectivity index (χ1n) is 5.94. The largest absolute Gasteiger partial charge is 0.388 e. The van der Waals surface area contributed by atoms with Gasteiger partial charge in [0.25, 0.3) is 0 Å². The zero-order valence-corrected chi connectivity index (χ0v) is 9.91. The molecule has 0 amide bonds. The minimum Gasteiger partial charge on any atom is -0.388 e. The predicted octanol–water partition coefficient (Wildman–Crippen LogP) is 3.69. The van der Waals surface area contributed by atoms with Gasteiger partial charge in [0.2, 0.25) is 0 Å².